The predicted molar refractivity (Wildman–Crippen MR) is 170 cm³/mol. The molecule has 16 heteroatoms. The van der Waals surface area contributed by atoms with E-state index >= 15 is 0 Å². The van der Waals surface area contributed by atoms with E-state index < -0.39 is 29.8 Å². The molecule has 3 aromatic rings. The minimum atomic E-state index is -1.43. The van der Waals surface area contributed by atoms with Crippen LogP contribution in [0.2, 0.25) is 0 Å². The maximum atomic E-state index is 13.0. The van der Waals surface area contributed by atoms with E-state index in [0.29, 0.717) is 61.3 Å². The number of amides is 1. The average Bonchev–Trinajstić information content (AvgIpc) is 3.03. The smallest absolute Gasteiger partial charge is 0.232 e. The molecule has 1 saturated heterocycles. The third-order valence-corrected chi connectivity index (χ3v) is 8.28. The fraction of sp³-hybridized carbons (Fsp3) is 0.485. The Labute approximate surface area is 324 Å². The van der Waals surface area contributed by atoms with Crippen molar-refractivity contribution in [2.75, 3.05) is 66.0 Å². The van der Waals surface area contributed by atoms with E-state index in [2.05, 4.69) is 10.3 Å². The van der Waals surface area contributed by atoms with Gasteiger partial charge in [-0.05, 0) is 44.8 Å². The second-order valence-electron chi connectivity index (χ2n) is 12.3. The third-order valence-electron chi connectivity index (χ3n) is 8.28. The predicted octanol–water partition coefficient (Wildman–Crippen LogP) is -1.85. The van der Waals surface area contributed by atoms with Crippen molar-refractivity contribution in [2.45, 2.75) is 32.9 Å². The molecule has 1 amide bonds. The number of carboxylic acid groups (broad SMARTS) is 2. The van der Waals surface area contributed by atoms with Crippen LogP contribution in [0.4, 0.5) is 0 Å². The summed E-state index contributed by atoms with van der Waals surface area (Å²) in [5.41, 5.74) is 1.01. The number of carbonyl (C=O) groups is 4. The van der Waals surface area contributed by atoms with Crippen molar-refractivity contribution in [1.29, 1.82) is 0 Å². The molecular weight excluding hydrogens is 776 g/mol. The molecule has 0 unspecified atom stereocenters. The zero-order valence-corrected chi connectivity index (χ0v) is 30.1. The average molecular weight is 818 g/mol. The standard InChI is InChI=1S/C33H43N6O9.Eu/c1-21(32(44)45)16-24(40)18-38-11-10-36(3)20-29(42)39(19-28(41)34-22(2)33(46)47)15-14-37(12-13-38)17-23-8-9-26-30(43)25-6-4-5-7-27(25)48-31(26)35-23;/h4-9,21-22,42H,10-20H2,1-3H3,(H,34,41)(H,44,45)(H,46,47);/q-1;/p-2/t21-,22+;/m1./s1. The molecule has 1 fully saturated rings. The van der Waals surface area contributed by atoms with Crippen LogP contribution in [0, 0.1) is 61.5 Å². The Hall–Kier alpha value is -2.70. The first kappa shape index (κ1) is 40.7. The Balaban J connectivity index is 0.00000650. The molecule has 15 nitrogen and oxygen atoms in total. The summed E-state index contributed by atoms with van der Waals surface area (Å²) in [4.78, 5) is 72.7. The van der Waals surface area contributed by atoms with Crippen molar-refractivity contribution < 1.29 is 88.3 Å². The van der Waals surface area contributed by atoms with E-state index in [-0.39, 0.29) is 105 Å². The van der Waals surface area contributed by atoms with Crippen LogP contribution in [0.15, 0.2) is 45.6 Å². The molecule has 0 bridgehead atoms. The van der Waals surface area contributed by atoms with Crippen LogP contribution in [-0.4, -0.2) is 125 Å². The first-order chi connectivity index (χ1) is 22.8. The molecule has 2 atom stereocenters. The van der Waals surface area contributed by atoms with Gasteiger partial charge in [0.2, 0.25) is 17.0 Å². The number of fused-ring (bicyclic) bond motifs is 2. The van der Waals surface area contributed by atoms with Gasteiger partial charge < -0.3 is 44.4 Å². The van der Waals surface area contributed by atoms with Gasteiger partial charge in [0.1, 0.15) is 11.4 Å². The summed E-state index contributed by atoms with van der Waals surface area (Å²) in [6, 6.07) is 9.10. The number of benzene rings is 1. The number of aliphatic carboxylic acids is 2. The Bertz CT molecular complexity index is 1690. The second-order valence-corrected chi connectivity index (χ2v) is 12.3. The number of aromatic nitrogens is 1. The van der Waals surface area contributed by atoms with Gasteiger partial charge in [0.25, 0.3) is 0 Å². The SMILES string of the molecule is C[C@H](CC(=O)CN1CCN(C)C[C-](O)N(CC(=O)N[C@@H](C)C(=O)[O-])CCN(Cc2ccc3c(=O)c4ccccc4oc3n2)CC1)C(=O)[O-].[Eu]. The van der Waals surface area contributed by atoms with Gasteiger partial charge in [-0.25, -0.2) is 4.98 Å². The number of carbonyl (C=O) groups excluding carboxylic acids is 4. The molecule has 1 aliphatic heterocycles. The van der Waals surface area contributed by atoms with Gasteiger partial charge in [-0.1, -0.05) is 25.6 Å². The molecule has 3 heterocycles. The Morgan fingerprint density at radius 3 is 2.33 bits per heavy atom. The molecule has 267 valence electrons. The molecule has 49 heavy (non-hydrogen) atoms. The van der Waals surface area contributed by atoms with Crippen LogP contribution in [-0.2, 0) is 25.7 Å². The maximum Gasteiger partial charge on any atom is 0.232 e. The molecule has 1 aromatic carbocycles. The number of para-hydroxylation sites is 1. The summed E-state index contributed by atoms with van der Waals surface area (Å²) >= 11 is 0. The Kier molecular flexibility index (Phi) is 15.8. The number of pyridine rings is 1. The van der Waals surface area contributed by atoms with Gasteiger partial charge >= 0.3 is 0 Å². The number of hydrogen-bond acceptors (Lipinski definition) is 14. The van der Waals surface area contributed by atoms with Gasteiger partial charge in [0, 0.05) is 107 Å². The number of rotatable bonds is 11. The molecule has 2 N–H and O–H groups in total. The fourth-order valence-corrected chi connectivity index (χ4v) is 5.41. The van der Waals surface area contributed by atoms with E-state index in [0.717, 1.165) is 0 Å². The van der Waals surface area contributed by atoms with E-state index in [1.165, 1.54) is 18.7 Å². The van der Waals surface area contributed by atoms with Gasteiger partial charge in [-0.2, -0.15) is 0 Å². The molecular formula is C33H41EuN6O9-3. The summed E-state index contributed by atoms with van der Waals surface area (Å²) in [7, 11) is 1.77. The van der Waals surface area contributed by atoms with E-state index in [9.17, 15) is 39.3 Å². The molecule has 0 spiro atoms. The zero-order chi connectivity index (χ0) is 35.0. The van der Waals surface area contributed by atoms with E-state index in [1.807, 2.05) is 14.7 Å². The van der Waals surface area contributed by atoms with Gasteiger partial charge in [-0.15, -0.1) is 6.23 Å². The summed E-state index contributed by atoms with van der Waals surface area (Å²) in [6.07, 6.45) is -0.251. The summed E-state index contributed by atoms with van der Waals surface area (Å²) < 4.78 is 5.95. The number of nitrogens with zero attached hydrogens (tertiary/aromatic N) is 5. The number of nitrogens with one attached hydrogen (secondary N) is 1. The van der Waals surface area contributed by atoms with Crippen molar-refractivity contribution in [1.82, 2.24) is 29.9 Å². The number of likely N-dealkylation sites (N-methyl/N-ethyl adjacent to an activating group) is 1. The van der Waals surface area contributed by atoms with Crippen LogP contribution in [0.25, 0.3) is 22.1 Å². The Morgan fingerprint density at radius 1 is 0.939 bits per heavy atom. The van der Waals surface area contributed by atoms with Crippen LogP contribution >= 0.6 is 0 Å². The normalized spacial score (nSPS) is 17.8. The van der Waals surface area contributed by atoms with Crippen molar-refractivity contribution in [3.8, 4) is 0 Å². The molecule has 1 radical (unpaired) electrons. The number of aliphatic hydroxyl groups excluding tert-OH is 1. The number of aliphatic hydroxyl groups is 1. The second kappa shape index (κ2) is 19.1. The monoisotopic (exact) mass is 818 g/mol. The zero-order valence-electron chi connectivity index (χ0n) is 27.7. The summed E-state index contributed by atoms with van der Waals surface area (Å²) in [5.74, 6) is -4.46. The number of ketones is 1. The van der Waals surface area contributed by atoms with E-state index in [4.69, 9.17) is 4.42 Å². The quantitative estimate of drug-likeness (QED) is 0.161. The first-order valence-corrected chi connectivity index (χ1v) is 15.8. The number of carboxylic acids is 2. The fourth-order valence-electron chi connectivity index (χ4n) is 5.41. The summed E-state index contributed by atoms with van der Waals surface area (Å²) in [5, 5.41) is 36.6. The van der Waals surface area contributed by atoms with Crippen molar-refractivity contribution in [3.05, 3.63) is 58.5 Å². The topological polar surface area (TPSA) is 203 Å². The van der Waals surface area contributed by atoms with E-state index in [1.54, 1.807) is 43.4 Å². The third kappa shape index (κ3) is 12.0. The minimum Gasteiger partial charge on any atom is -0.550 e. The van der Waals surface area contributed by atoms with Crippen molar-refractivity contribution in [2.24, 2.45) is 5.92 Å². The largest absolute Gasteiger partial charge is 0.550 e. The van der Waals surface area contributed by atoms with Crippen LogP contribution in [0.5, 0.6) is 0 Å². The summed E-state index contributed by atoms with van der Waals surface area (Å²) in [6.45, 7) is 5.06. The van der Waals surface area contributed by atoms with Gasteiger partial charge in [-0.3, -0.25) is 24.2 Å². The molecule has 1 aliphatic rings. The molecule has 4 rings (SSSR count). The molecule has 0 aliphatic carbocycles. The van der Waals surface area contributed by atoms with Gasteiger partial charge in [0.05, 0.1) is 41.6 Å². The van der Waals surface area contributed by atoms with Crippen LogP contribution in [0.1, 0.15) is 26.0 Å². The number of Topliss-reactive ketones (excluding diaryl/α,β-unsaturated/α-hetero) is 1. The molecule has 2 aromatic heterocycles. The minimum absolute atomic E-state index is 0. The Morgan fingerprint density at radius 2 is 1.61 bits per heavy atom. The molecule has 0 saturated carbocycles. The number of hydrogen-bond donors (Lipinski definition) is 2. The van der Waals surface area contributed by atoms with Crippen LogP contribution in [0.3, 0.4) is 0 Å². The van der Waals surface area contributed by atoms with Crippen LogP contribution < -0.4 is 21.0 Å². The maximum absolute atomic E-state index is 13.0. The first-order valence-electron chi connectivity index (χ1n) is 15.8. The van der Waals surface area contributed by atoms with Crippen molar-refractivity contribution in [3.63, 3.8) is 0 Å². The van der Waals surface area contributed by atoms with Crippen molar-refractivity contribution >= 4 is 45.7 Å². The van der Waals surface area contributed by atoms with Gasteiger partial charge in [0.15, 0.2) is 0 Å².